The molecular weight excluding hydrogens is 153 g/mol. The van der Waals surface area contributed by atoms with Crippen LogP contribution in [0, 0.1) is 5.82 Å². The highest BCUT2D eigenvalue weighted by Gasteiger charge is 2.17. The lowest BCUT2D eigenvalue weighted by molar-refractivity contribution is 0.628. The summed E-state index contributed by atoms with van der Waals surface area (Å²) < 4.78 is 11.9. The topological polar surface area (TPSA) is 12.0 Å². The fourth-order valence-electron chi connectivity index (χ4n) is 0.787. The molecule has 0 aliphatic heterocycles. The summed E-state index contributed by atoms with van der Waals surface area (Å²) in [4.78, 5) is 0. The first kappa shape index (κ1) is 9.20. The zero-order valence-electron chi connectivity index (χ0n) is 7.26. The van der Waals surface area contributed by atoms with Crippen LogP contribution in [0.4, 0.5) is 4.39 Å². The summed E-state index contributed by atoms with van der Waals surface area (Å²) >= 11 is 0. The average molecular weight is 167 g/mol. The monoisotopic (exact) mass is 167 g/mol. The first-order chi connectivity index (χ1) is 5.83. The second-order valence-corrected chi connectivity index (χ2v) is 2.86. The minimum Gasteiger partial charge on any atom is -0.317 e. The summed E-state index contributed by atoms with van der Waals surface area (Å²) in [7, 11) is 2.01. The summed E-state index contributed by atoms with van der Waals surface area (Å²) in [6.45, 7) is 0. The van der Waals surface area contributed by atoms with Crippen molar-refractivity contribution in [2.24, 2.45) is 0 Å². The quantitative estimate of drug-likeness (QED) is 0.676. The van der Waals surface area contributed by atoms with Gasteiger partial charge in [0.2, 0.25) is 0 Å². The highest BCUT2D eigenvalue weighted by molar-refractivity contribution is 5.02. The van der Waals surface area contributed by atoms with Gasteiger partial charge in [-0.1, -0.05) is 18.2 Å². The van der Waals surface area contributed by atoms with E-state index >= 15 is 0 Å². The minimum absolute atomic E-state index is 0.178. The Kier molecular flexibility index (Phi) is 3.74. The van der Waals surface area contributed by atoms with Gasteiger partial charge in [-0.25, -0.2) is 4.39 Å². The van der Waals surface area contributed by atoms with Gasteiger partial charge in [0, 0.05) is 6.04 Å². The third kappa shape index (κ3) is 4.09. The van der Waals surface area contributed by atoms with E-state index in [-0.39, 0.29) is 5.82 Å². The average Bonchev–Trinajstić information content (AvgIpc) is 2.89. The largest absolute Gasteiger partial charge is 0.317 e. The molecule has 12 heavy (non-hydrogen) atoms. The maximum Gasteiger partial charge on any atom is 0.123 e. The van der Waals surface area contributed by atoms with Gasteiger partial charge in [0.25, 0.3) is 0 Å². The van der Waals surface area contributed by atoms with E-state index in [9.17, 15) is 4.39 Å². The molecule has 1 fully saturated rings. The van der Waals surface area contributed by atoms with E-state index in [1.807, 2.05) is 7.05 Å². The SMILES string of the molecule is CNC1CC1.Fc1ccccc1. The van der Waals surface area contributed by atoms with Crippen LogP contribution < -0.4 is 5.32 Å². The molecule has 1 aromatic rings. The lowest BCUT2D eigenvalue weighted by Gasteiger charge is -1.80. The van der Waals surface area contributed by atoms with Gasteiger partial charge in [-0.05, 0) is 32.0 Å². The fraction of sp³-hybridized carbons (Fsp3) is 0.400. The normalized spacial score (nSPS) is 14.8. The van der Waals surface area contributed by atoms with Gasteiger partial charge in [-0.3, -0.25) is 0 Å². The summed E-state index contributed by atoms with van der Waals surface area (Å²) in [6, 6.07) is 8.82. The Bertz CT molecular complexity index is 206. The van der Waals surface area contributed by atoms with Crippen LogP contribution in [0.25, 0.3) is 0 Å². The summed E-state index contributed by atoms with van der Waals surface area (Å²) in [5.74, 6) is -0.178. The van der Waals surface area contributed by atoms with Crippen molar-refractivity contribution in [1.82, 2.24) is 5.32 Å². The van der Waals surface area contributed by atoms with Crippen molar-refractivity contribution in [3.63, 3.8) is 0 Å². The summed E-state index contributed by atoms with van der Waals surface area (Å²) in [6.07, 6.45) is 2.80. The number of hydrogen-bond acceptors (Lipinski definition) is 1. The smallest absolute Gasteiger partial charge is 0.123 e. The molecule has 0 saturated heterocycles. The lowest BCUT2D eigenvalue weighted by atomic mass is 10.4. The van der Waals surface area contributed by atoms with Crippen LogP contribution in [0.5, 0.6) is 0 Å². The maximum atomic E-state index is 11.9. The van der Waals surface area contributed by atoms with Gasteiger partial charge in [0.1, 0.15) is 5.82 Å². The summed E-state index contributed by atoms with van der Waals surface area (Å²) in [5, 5.41) is 3.14. The number of nitrogens with one attached hydrogen (secondary N) is 1. The molecule has 0 spiro atoms. The van der Waals surface area contributed by atoms with E-state index in [1.54, 1.807) is 18.2 Å². The molecule has 0 amide bonds. The molecule has 1 aromatic carbocycles. The maximum absolute atomic E-state index is 11.9. The van der Waals surface area contributed by atoms with E-state index in [0.29, 0.717) is 0 Å². The molecule has 0 atom stereocenters. The van der Waals surface area contributed by atoms with E-state index in [2.05, 4.69) is 5.32 Å². The molecule has 1 nitrogen and oxygen atoms in total. The zero-order valence-corrected chi connectivity index (χ0v) is 7.26. The van der Waals surface area contributed by atoms with E-state index in [1.165, 1.54) is 25.0 Å². The highest BCUT2D eigenvalue weighted by Crippen LogP contribution is 2.16. The number of benzene rings is 1. The second kappa shape index (κ2) is 4.88. The van der Waals surface area contributed by atoms with Crippen LogP contribution in [-0.2, 0) is 0 Å². The van der Waals surface area contributed by atoms with Gasteiger partial charge in [-0.2, -0.15) is 0 Å². The Labute approximate surface area is 72.6 Å². The molecule has 1 saturated carbocycles. The zero-order chi connectivity index (χ0) is 8.81. The van der Waals surface area contributed by atoms with E-state index in [0.717, 1.165) is 6.04 Å². The first-order valence-corrected chi connectivity index (χ1v) is 4.20. The molecule has 1 aliphatic rings. The van der Waals surface area contributed by atoms with Crippen LogP contribution in [-0.4, -0.2) is 13.1 Å². The van der Waals surface area contributed by atoms with Crippen molar-refractivity contribution in [2.45, 2.75) is 18.9 Å². The van der Waals surface area contributed by atoms with Crippen LogP contribution in [0.3, 0.4) is 0 Å². The van der Waals surface area contributed by atoms with Gasteiger partial charge < -0.3 is 5.32 Å². The molecule has 1 N–H and O–H groups in total. The number of halogens is 1. The Hall–Kier alpha value is -0.890. The van der Waals surface area contributed by atoms with Gasteiger partial charge in [0.15, 0.2) is 0 Å². The Morgan fingerprint density at radius 1 is 1.25 bits per heavy atom. The third-order valence-electron chi connectivity index (χ3n) is 1.72. The van der Waals surface area contributed by atoms with Crippen molar-refractivity contribution in [2.75, 3.05) is 7.05 Å². The number of rotatable bonds is 1. The Morgan fingerprint density at radius 3 is 2.00 bits per heavy atom. The molecule has 1 aliphatic carbocycles. The van der Waals surface area contributed by atoms with Crippen molar-refractivity contribution < 1.29 is 4.39 Å². The molecule has 0 bridgehead atoms. The molecule has 0 radical (unpaired) electrons. The standard InChI is InChI=1S/C6H5F.C4H9N/c7-6-4-2-1-3-5-6;1-5-4-2-3-4/h1-5H;4-5H,2-3H2,1H3. The minimum atomic E-state index is -0.178. The molecule has 0 heterocycles. The second-order valence-electron chi connectivity index (χ2n) is 2.86. The third-order valence-corrected chi connectivity index (χ3v) is 1.72. The highest BCUT2D eigenvalue weighted by atomic mass is 19.1. The Balaban J connectivity index is 0.000000127. The van der Waals surface area contributed by atoms with Gasteiger partial charge in [-0.15, -0.1) is 0 Å². The van der Waals surface area contributed by atoms with Crippen molar-refractivity contribution in [3.05, 3.63) is 36.1 Å². The molecule has 66 valence electrons. The van der Waals surface area contributed by atoms with Gasteiger partial charge in [0.05, 0.1) is 0 Å². The molecule has 0 unspecified atom stereocenters. The van der Waals surface area contributed by atoms with Crippen molar-refractivity contribution in [1.29, 1.82) is 0 Å². The van der Waals surface area contributed by atoms with Crippen LogP contribution in [0.2, 0.25) is 0 Å². The lowest BCUT2D eigenvalue weighted by Crippen LogP contribution is -2.06. The molecular formula is C10H14FN. The van der Waals surface area contributed by atoms with Crippen LogP contribution in [0.15, 0.2) is 30.3 Å². The van der Waals surface area contributed by atoms with Gasteiger partial charge >= 0.3 is 0 Å². The fourth-order valence-corrected chi connectivity index (χ4v) is 0.787. The first-order valence-electron chi connectivity index (χ1n) is 4.20. The van der Waals surface area contributed by atoms with E-state index in [4.69, 9.17) is 0 Å². The molecule has 0 aromatic heterocycles. The van der Waals surface area contributed by atoms with Crippen molar-refractivity contribution >= 4 is 0 Å². The molecule has 2 heteroatoms. The van der Waals surface area contributed by atoms with Crippen LogP contribution in [0.1, 0.15) is 12.8 Å². The van der Waals surface area contributed by atoms with Crippen molar-refractivity contribution in [3.8, 4) is 0 Å². The Morgan fingerprint density at radius 2 is 1.83 bits per heavy atom. The van der Waals surface area contributed by atoms with E-state index < -0.39 is 0 Å². The predicted molar refractivity (Wildman–Crippen MR) is 48.5 cm³/mol. The van der Waals surface area contributed by atoms with Crippen LogP contribution >= 0.6 is 0 Å². The predicted octanol–water partition coefficient (Wildman–Crippen LogP) is 2.19. The summed E-state index contributed by atoms with van der Waals surface area (Å²) in [5.41, 5.74) is 0. The number of hydrogen-bond donors (Lipinski definition) is 1. The molecule has 2 rings (SSSR count).